The van der Waals surface area contributed by atoms with Crippen LogP contribution in [0.2, 0.25) is 0 Å². The summed E-state index contributed by atoms with van der Waals surface area (Å²) in [6.45, 7) is -3.17. The second kappa shape index (κ2) is 4.63. The molecule has 1 rings (SSSR count). The first-order valence-corrected chi connectivity index (χ1v) is 4.65. The van der Waals surface area contributed by atoms with Crippen LogP contribution in [-0.4, -0.2) is 6.61 Å². The topological polar surface area (TPSA) is 9.23 Å². The monoisotopic (exact) mass is 272 g/mol. The van der Waals surface area contributed by atoms with E-state index < -0.39 is 24.0 Å². The molecule has 14 heavy (non-hydrogen) atoms. The molecule has 0 fully saturated rings. The van der Waals surface area contributed by atoms with Crippen molar-refractivity contribution in [2.24, 2.45) is 0 Å². The molecular formula is C8H5BrF4O. The molecule has 0 atom stereocenters. The van der Waals surface area contributed by atoms with Crippen LogP contribution in [0.25, 0.3) is 0 Å². The van der Waals surface area contributed by atoms with Crippen LogP contribution in [0.15, 0.2) is 12.1 Å². The summed E-state index contributed by atoms with van der Waals surface area (Å²) < 4.78 is 53.2. The van der Waals surface area contributed by atoms with Crippen molar-refractivity contribution in [3.63, 3.8) is 0 Å². The van der Waals surface area contributed by atoms with Gasteiger partial charge >= 0.3 is 6.61 Å². The molecule has 0 saturated carbocycles. The second-order valence-corrected chi connectivity index (χ2v) is 2.95. The van der Waals surface area contributed by atoms with Crippen LogP contribution in [0.3, 0.4) is 0 Å². The van der Waals surface area contributed by atoms with Crippen molar-refractivity contribution in [3.05, 3.63) is 29.3 Å². The molecule has 0 aliphatic rings. The number of halogens is 5. The normalized spacial score (nSPS) is 10.7. The van der Waals surface area contributed by atoms with Gasteiger partial charge in [-0.15, -0.1) is 0 Å². The fourth-order valence-electron chi connectivity index (χ4n) is 0.897. The van der Waals surface area contributed by atoms with Crippen molar-refractivity contribution in [3.8, 4) is 5.75 Å². The predicted octanol–water partition coefficient (Wildman–Crippen LogP) is 3.46. The summed E-state index contributed by atoms with van der Waals surface area (Å²) in [5.41, 5.74) is -0.0688. The number of benzene rings is 1. The van der Waals surface area contributed by atoms with Gasteiger partial charge in [0.05, 0.1) is 0 Å². The lowest BCUT2D eigenvalue weighted by atomic mass is 10.2. The first-order chi connectivity index (χ1) is 6.54. The van der Waals surface area contributed by atoms with Gasteiger partial charge in [0, 0.05) is 17.0 Å². The molecule has 78 valence electrons. The van der Waals surface area contributed by atoms with Crippen LogP contribution in [-0.2, 0) is 5.33 Å². The quantitative estimate of drug-likeness (QED) is 0.605. The molecule has 0 radical (unpaired) electrons. The fraction of sp³-hybridized carbons (Fsp3) is 0.250. The van der Waals surface area contributed by atoms with E-state index in [1.807, 2.05) is 0 Å². The van der Waals surface area contributed by atoms with Crippen LogP contribution in [0.4, 0.5) is 17.6 Å². The molecule has 6 heteroatoms. The largest absolute Gasteiger partial charge is 0.432 e. The molecule has 0 saturated heterocycles. The Hall–Kier alpha value is -0.780. The van der Waals surface area contributed by atoms with E-state index >= 15 is 0 Å². The highest BCUT2D eigenvalue weighted by atomic mass is 79.9. The van der Waals surface area contributed by atoms with Crippen LogP contribution in [0.1, 0.15) is 5.56 Å². The Morgan fingerprint density at radius 3 is 2.43 bits per heavy atom. The molecule has 0 N–H and O–H groups in total. The Morgan fingerprint density at radius 2 is 1.93 bits per heavy atom. The Balaban J connectivity index is 3.08. The molecule has 0 aliphatic carbocycles. The summed E-state index contributed by atoms with van der Waals surface area (Å²) in [6, 6.07) is 1.48. The van der Waals surface area contributed by atoms with Gasteiger partial charge < -0.3 is 4.74 Å². The van der Waals surface area contributed by atoms with E-state index in [1.54, 1.807) is 0 Å². The fourth-order valence-corrected chi connectivity index (χ4v) is 1.31. The molecule has 1 aromatic rings. The number of rotatable bonds is 3. The van der Waals surface area contributed by atoms with Crippen molar-refractivity contribution in [2.45, 2.75) is 11.9 Å². The number of ether oxygens (including phenoxy) is 1. The highest BCUT2D eigenvalue weighted by Gasteiger charge is 2.14. The summed E-state index contributed by atoms with van der Waals surface area (Å²) in [4.78, 5) is 0. The summed E-state index contributed by atoms with van der Waals surface area (Å²) in [7, 11) is 0. The number of hydrogen-bond acceptors (Lipinski definition) is 1. The molecule has 0 aromatic heterocycles. The molecule has 0 spiro atoms. The highest BCUT2D eigenvalue weighted by molar-refractivity contribution is 9.08. The lowest BCUT2D eigenvalue weighted by Gasteiger charge is -2.08. The van der Waals surface area contributed by atoms with Gasteiger partial charge in [-0.25, -0.2) is 8.78 Å². The zero-order chi connectivity index (χ0) is 10.7. The van der Waals surface area contributed by atoms with Crippen molar-refractivity contribution in [2.75, 3.05) is 0 Å². The average Bonchev–Trinajstić information content (AvgIpc) is 2.09. The maximum absolute atomic E-state index is 13.2. The molecule has 0 unspecified atom stereocenters. The van der Waals surface area contributed by atoms with E-state index in [4.69, 9.17) is 0 Å². The minimum Gasteiger partial charge on any atom is -0.432 e. The van der Waals surface area contributed by atoms with Crippen molar-refractivity contribution in [1.29, 1.82) is 0 Å². The zero-order valence-electron chi connectivity index (χ0n) is 6.74. The molecule has 0 amide bonds. The van der Waals surface area contributed by atoms with E-state index in [2.05, 4.69) is 20.7 Å². The van der Waals surface area contributed by atoms with E-state index in [0.29, 0.717) is 6.07 Å². The first kappa shape index (κ1) is 11.3. The lowest BCUT2D eigenvalue weighted by Crippen LogP contribution is -2.05. The van der Waals surface area contributed by atoms with Gasteiger partial charge in [-0.05, 0) is 6.07 Å². The number of alkyl halides is 3. The Morgan fingerprint density at radius 1 is 1.29 bits per heavy atom. The molecule has 0 bridgehead atoms. The SMILES string of the molecule is Fc1cc(CBr)c(F)c(OC(F)F)c1. The summed E-state index contributed by atoms with van der Waals surface area (Å²) in [5.74, 6) is -2.59. The van der Waals surface area contributed by atoms with E-state index in [-0.39, 0.29) is 10.9 Å². The van der Waals surface area contributed by atoms with Gasteiger partial charge in [-0.2, -0.15) is 8.78 Å². The standard InChI is InChI=1S/C8H5BrF4O/c9-3-4-1-5(10)2-6(7(4)11)14-8(12)13/h1-2,8H,3H2. The number of hydrogen-bond donors (Lipinski definition) is 0. The van der Waals surface area contributed by atoms with E-state index in [1.165, 1.54) is 0 Å². The second-order valence-electron chi connectivity index (χ2n) is 2.39. The average molecular weight is 273 g/mol. The molecule has 1 aromatic carbocycles. The Bertz CT molecular complexity index is 329. The molecule has 0 heterocycles. The van der Waals surface area contributed by atoms with Gasteiger partial charge in [0.25, 0.3) is 0 Å². The van der Waals surface area contributed by atoms with Gasteiger partial charge in [0.2, 0.25) is 0 Å². The summed E-state index contributed by atoms with van der Waals surface area (Å²) in [6.07, 6.45) is 0. The summed E-state index contributed by atoms with van der Waals surface area (Å²) in [5, 5.41) is 0.0240. The van der Waals surface area contributed by atoms with Crippen molar-refractivity contribution >= 4 is 15.9 Å². The van der Waals surface area contributed by atoms with Crippen LogP contribution >= 0.6 is 15.9 Å². The summed E-state index contributed by atoms with van der Waals surface area (Å²) >= 11 is 2.89. The minimum absolute atomic E-state index is 0.0240. The molecule has 0 aliphatic heterocycles. The van der Waals surface area contributed by atoms with E-state index in [9.17, 15) is 17.6 Å². The first-order valence-electron chi connectivity index (χ1n) is 3.53. The van der Waals surface area contributed by atoms with Gasteiger partial charge in [0.1, 0.15) is 5.82 Å². The van der Waals surface area contributed by atoms with Gasteiger partial charge in [-0.1, -0.05) is 15.9 Å². The van der Waals surface area contributed by atoms with E-state index in [0.717, 1.165) is 6.07 Å². The van der Waals surface area contributed by atoms with Crippen LogP contribution in [0.5, 0.6) is 5.75 Å². The van der Waals surface area contributed by atoms with Gasteiger partial charge in [0.15, 0.2) is 11.6 Å². The van der Waals surface area contributed by atoms with Crippen molar-refractivity contribution in [1.82, 2.24) is 0 Å². The maximum Gasteiger partial charge on any atom is 0.387 e. The zero-order valence-corrected chi connectivity index (χ0v) is 8.32. The third-order valence-electron chi connectivity index (χ3n) is 1.44. The Labute approximate surface area is 85.8 Å². The highest BCUT2D eigenvalue weighted by Crippen LogP contribution is 2.25. The minimum atomic E-state index is -3.17. The third-order valence-corrected chi connectivity index (χ3v) is 2.04. The van der Waals surface area contributed by atoms with Crippen molar-refractivity contribution < 1.29 is 22.3 Å². The lowest BCUT2D eigenvalue weighted by molar-refractivity contribution is -0.0524. The Kier molecular flexibility index (Phi) is 3.74. The van der Waals surface area contributed by atoms with Gasteiger partial charge in [-0.3, -0.25) is 0 Å². The maximum atomic E-state index is 13.2. The van der Waals surface area contributed by atoms with Crippen LogP contribution in [0, 0.1) is 11.6 Å². The third kappa shape index (κ3) is 2.60. The van der Waals surface area contributed by atoms with Crippen LogP contribution < -0.4 is 4.74 Å². The molecular weight excluding hydrogens is 268 g/mol. The molecule has 1 nitrogen and oxygen atoms in total. The predicted molar refractivity (Wildman–Crippen MR) is 45.6 cm³/mol. The smallest absolute Gasteiger partial charge is 0.387 e.